The van der Waals surface area contributed by atoms with Crippen LogP contribution in [0.2, 0.25) is 0 Å². The smallest absolute Gasteiger partial charge is 0.00344 e. The third kappa shape index (κ3) is 3.15. The Hall–Kier alpha value is -0.300. The summed E-state index contributed by atoms with van der Waals surface area (Å²) in [6.45, 7) is 4.40. The second-order valence-electron chi connectivity index (χ2n) is 3.41. The SMILES string of the molecule is CCc1ccc(C)c(CCCBr)c1. The fourth-order valence-corrected chi connectivity index (χ4v) is 1.75. The minimum atomic E-state index is 1.10. The van der Waals surface area contributed by atoms with E-state index >= 15 is 0 Å². The van der Waals surface area contributed by atoms with E-state index < -0.39 is 0 Å². The van der Waals surface area contributed by atoms with Crippen LogP contribution >= 0.6 is 15.9 Å². The van der Waals surface area contributed by atoms with Gasteiger partial charge in [0.15, 0.2) is 0 Å². The quantitative estimate of drug-likeness (QED) is 0.701. The zero-order chi connectivity index (χ0) is 9.68. The third-order valence-corrected chi connectivity index (χ3v) is 2.96. The van der Waals surface area contributed by atoms with E-state index in [-0.39, 0.29) is 0 Å². The normalized spacial score (nSPS) is 10.4. The average molecular weight is 241 g/mol. The van der Waals surface area contributed by atoms with Crippen LogP contribution in [0.1, 0.15) is 30.0 Å². The number of hydrogen-bond donors (Lipinski definition) is 0. The summed E-state index contributed by atoms with van der Waals surface area (Å²) >= 11 is 3.47. The Morgan fingerprint density at radius 2 is 2.08 bits per heavy atom. The molecular formula is C12H17Br. The van der Waals surface area contributed by atoms with Crippen LogP contribution in [-0.4, -0.2) is 5.33 Å². The fourth-order valence-electron chi connectivity index (χ4n) is 1.47. The number of hydrogen-bond acceptors (Lipinski definition) is 0. The zero-order valence-electron chi connectivity index (χ0n) is 8.44. The molecule has 1 rings (SSSR count). The van der Waals surface area contributed by atoms with Gasteiger partial charge in [0.05, 0.1) is 0 Å². The van der Waals surface area contributed by atoms with Gasteiger partial charge in [-0.3, -0.25) is 0 Å². The van der Waals surface area contributed by atoms with Gasteiger partial charge in [-0.25, -0.2) is 0 Å². The predicted molar refractivity (Wildman–Crippen MR) is 62.7 cm³/mol. The average Bonchev–Trinajstić information content (AvgIpc) is 2.17. The summed E-state index contributed by atoms with van der Waals surface area (Å²) in [5, 5.41) is 1.10. The van der Waals surface area contributed by atoms with Gasteiger partial charge in [-0.05, 0) is 42.9 Å². The molecule has 0 atom stereocenters. The van der Waals surface area contributed by atoms with Gasteiger partial charge in [0.1, 0.15) is 0 Å². The molecule has 0 bridgehead atoms. The van der Waals surface area contributed by atoms with Gasteiger partial charge >= 0.3 is 0 Å². The highest BCUT2D eigenvalue weighted by Gasteiger charge is 1.98. The number of rotatable bonds is 4. The van der Waals surface area contributed by atoms with Gasteiger partial charge < -0.3 is 0 Å². The van der Waals surface area contributed by atoms with Gasteiger partial charge in [0, 0.05) is 5.33 Å². The summed E-state index contributed by atoms with van der Waals surface area (Å²) in [4.78, 5) is 0. The Kier molecular flexibility index (Phi) is 4.51. The Morgan fingerprint density at radius 3 is 2.69 bits per heavy atom. The Bertz CT molecular complexity index is 266. The standard InChI is InChI=1S/C12H17Br/c1-3-11-7-6-10(2)12(9-11)5-4-8-13/h6-7,9H,3-5,8H2,1-2H3. The van der Waals surface area contributed by atoms with Crippen molar-refractivity contribution < 1.29 is 0 Å². The number of aryl methyl sites for hydroxylation is 3. The molecule has 1 heteroatoms. The molecule has 0 fully saturated rings. The molecule has 0 radical (unpaired) electrons. The maximum atomic E-state index is 3.47. The lowest BCUT2D eigenvalue weighted by Crippen LogP contribution is -1.92. The van der Waals surface area contributed by atoms with E-state index in [1.54, 1.807) is 0 Å². The van der Waals surface area contributed by atoms with Crippen molar-refractivity contribution in [1.29, 1.82) is 0 Å². The highest BCUT2D eigenvalue weighted by atomic mass is 79.9. The first-order chi connectivity index (χ1) is 6.27. The van der Waals surface area contributed by atoms with Crippen LogP contribution in [0.3, 0.4) is 0 Å². The van der Waals surface area contributed by atoms with Gasteiger partial charge in [0.25, 0.3) is 0 Å². The van der Waals surface area contributed by atoms with E-state index in [2.05, 4.69) is 48.0 Å². The fraction of sp³-hybridized carbons (Fsp3) is 0.500. The summed E-state index contributed by atoms with van der Waals surface area (Å²) in [5.41, 5.74) is 4.40. The van der Waals surface area contributed by atoms with Crippen LogP contribution in [0.25, 0.3) is 0 Å². The lowest BCUT2D eigenvalue weighted by molar-refractivity contribution is 0.923. The molecule has 1 aromatic rings. The Morgan fingerprint density at radius 1 is 1.31 bits per heavy atom. The summed E-state index contributed by atoms with van der Waals surface area (Å²) < 4.78 is 0. The van der Waals surface area contributed by atoms with Crippen molar-refractivity contribution >= 4 is 15.9 Å². The number of alkyl halides is 1. The van der Waals surface area contributed by atoms with Crippen molar-refractivity contribution in [3.05, 3.63) is 34.9 Å². The highest BCUT2D eigenvalue weighted by molar-refractivity contribution is 9.09. The van der Waals surface area contributed by atoms with Gasteiger partial charge in [0.2, 0.25) is 0 Å². The van der Waals surface area contributed by atoms with Crippen molar-refractivity contribution in [3.8, 4) is 0 Å². The molecule has 0 aromatic heterocycles. The summed E-state index contributed by atoms with van der Waals surface area (Å²) in [6, 6.07) is 6.81. The molecule has 0 nitrogen and oxygen atoms in total. The predicted octanol–water partition coefficient (Wildman–Crippen LogP) is 3.88. The minimum absolute atomic E-state index is 1.10. The molecule has 1 aromatic carbocycles. The molecule has 0 amide bonds. The van der Waals surface area contributed by atoms with Crippen molar-refractivity contribution in [1.82, 2.24) is 0 Å². The van der Waals surface area contributed by atoms with Gasteiger partial charge in [-0.2, -0.15) is 0 Å². The topological polar surface area (TPSA) is 0 Å². The zero-order valence-corrected chi connectivity index (χ0v) is 10.0. The lowest BCUT2D eigenvalue weighted by Gasteiger charge is -2.06. The number of benzene rings is 1. The second kappa shape index (κ2) is 5.43. The minimum Gasteiger partial charge on any atom is -0.0928 e. The number of halogens is 1. The van der Waals surface area contributed by atoms with Crippen LogP contribution in [0.15, 0.2) is 18.2 Å². The van der Waals surface area contributed by atoms with E-state index in [1.807, 2.05) is 0 Å². The van der Waals surface area contributed by atoms with Crippen LogP contribution < -0.4 is 0 Å². The van der Waals surface area contributed by atoms with Gasteiger partial charge in [-0.15, -0.1) is 0 Å². The van der Waals surface area contributed by atoms with E-state index in [4.69, 9.17) is 0 Å². The van der Waals surface area contributed by atoms with Crippen molar-refractivity contribution in [2.45, 2.75) is 33.1 Å². The largest absolute Gasteiger partial charge is 0.0928 e. The summed E-state index contributed by atoms with van der Waals surface area (Å²) in [6.07, 6.45) is 3.57. The van der Waals surface area contributed by atoms with E-state index in [0.717, 1.165) is 11.8 Å². The molecule has 0 aliphatic rings. The van der Waals surface area contributed by atoms with Crippen LogP contribution in [-0.2, 0) is 12.8 Å². The Balaban J connectivity index is 2.78. The van der Waals surface area contributed by atoms with E-state index in [9.17, 15) is 0 Å². The molecule has 72 valence electrons. The molecule has 0 spiro atoms. The van der Waals surface area contributed by atoms with Crippen LogP contribution in [0.4, 0.5) is 0 Å². The van der Waals surface area contributed by atoms with Crippen molar-refractivity contribution in [3.63, 3.8) is 0 Å². The Labute approximate surface area is 89.5 Å². The van der Waals surface area contributed by atoms with Crippen molar-refractivity contribution in [2.24, 2.45) is 0 Å². The van der Waals surface area contributed by atoms with Crippen molar-refractivity contribution in [2.75, 3.05) is 5.33 Å². The maximum absolute atomic E-state index is 3.47. The maximum Gasteiger partial charge on any atom is 0.00344 e. The molecule has 0 heterocycles. The second-order valence-corrected chi connectivity index (χ2v) is 4.20. The summed E-state index contributed by atoms with van der Waals surface area (Å²) in [7, 11) is 0. The first kappa shape index (κ1) is 10.8. The monoisotopic (exact) mass is 240 g/mol. The van der Waals surface area contributed by atoms with E-state index in [0.29, 0.717) is 0 Å². The van der Waals surface area contributed by atoms with Crippen LogP contribution in [0.5, 0.6) is 0 Å². The molecule has 0 aliphatic heterocycles. The van der Waals surface area contributed by atoms with Crippen LogP contribution in [0, 0.1) is 6.92 Å². The lowest BCUT2D eigenvalue weighted by atomic mass is 10.0. The first-order valence-corrected chi connectivity index (χ1v) is 6.04. The molecule has 0 saturated heterocycles. The molecule has 0 saturated carbocycles. The molecule has 0 unspecified atom stereocenters. The molecule has 13 heavy (non-hydrogen) atoms. The highest BCUT2D eigenvalue weighted by Crippen LogP contribution is 2.14. The first-order valence-electron chi connectivity index (χ1n) is 4.92. The molecule has 0 aliphatic carbocycles. The molecule has 0 N–H and O–H groups in total. The third-order valence-electron chi connectivity index (χ3n) is 2.40. The van der Waals surface area contributed by atoms with E-state index in [1.165, 1.54) is 29.5 Å². The van der Waals surface area contributed by atoms with Gasteiger partial charge in [-0.1, -0.05) is 41.1 Å². The molecular weight excluding hydrogens is 224 g/mol. The summed E-state index contributed by atoms with van der Waals surface area (Å²) in [5.74, 6) is 0.